The predicted molar refractivity (Wildman–Crippen MR) is 52.1 cm³/mol. The highest BCUT2D eigenvalue weighted by molar-refractivity contribution is 5.83. The largest absolute Gasteiger partial charge is 0.340 e. The Kier molecular flexibility index (Phi) is 3.78. The highest BCUT2D eigenvalue weighted by Gasteiger charge is 2.29. The second-order valence-electron chi connectivity index (χ2n) is 3.13. The van der Waals surface area contributed by atoms with Gasteiger partial charge in [-0.25, -0.2) is 0 Å². The molecule has 1 atom stereocenters. The van der Waals surface area contributed by atoms with Crippen LogP contribution in [0.25, 0.3) is 0 Å². The Bertz CT molecular complexity index is 239. The van der Waals surface area contributed by atoms with E-state index in [0.29, 0.717) is 0 Å². The molecular weight excluding hydrogens is 164 g/mol. The van der Waals surface area contributed by atoms with Gasteiger partial charge in [0.1, 0.15) is 0 Å². The highest BCUT2D eigenvalue weighted by atomic mass is 16.2. The molecule has 1 saturated heterocycles. The Labute approximate surface area is 79.5 Å². The van der Waals surface area contributed by atoms with Gasteiger partial charge in [-0.2, -0.15) is 0 Å². The van der Waals surface area contributed by atoms with Crippen molar-refractivity contribution >= 4 is 5.91 Å². The monoisotopic (exact) mass is 180 g/mol. The molecule has 0 aliphatic carbocycles. The molecule has 0 spiro atoms. The number of nitrogens with one attached hydrogen (secondary N) is 1. The first-order valence-electron chi connectivity index (χ1n) is 4.65. The maximum atomic E-state index is 11.5. The number of rotatable bonds is 3. The first kappa shape index (κ1) is 10.1. The van der Waals surface area contributed by atoms with Crippen LogP contribution in [0.2, 0.25) is 0 Å². The number of carbonyl (C=O) groups excluding carboxylic acids is 1. The third kappa shape index (κ3) is 2.46. The topological polar surface area (TPSA) is 32.3 Å². The van der Waals surface area contributed by atoms with Gasteiger partial charge in [-0.1, -0.05) is 0 Å². The van der Waals surface area contributed by atoms with Crippen LogP contribution in [-0.2, 0) is 4.79 Å². The second-order valence-corrected chi connectivity index (χ2v) is 3.13. The lowest BCUT2D eigenvalue weighted by Crippen LogP contribution is -2.36. The van der Waals surface area contributed by atoms with Gasteiger partial charge in [0.05, 0.1) is 6.04 Å². The summed E-state index contributed by atoms with van der Waals surface area (Å²) in [6.07, 6.45) is 1.72. The number of hydrogen-bond acceptors (Lipinski definition) is 2. The molecule has 1 rings (SSSR count). The molecule has 1 aliphatic heterocycles. The number of hydrogen-bond donors (Lipinski definition) is 1. The molecule has 13 heavy (non-hydrogen) atoms. The van der Waals surface area contributed by atoms with Crippen molar-refractivity contribution in [1.29, 1.82) is 0 Å². The quantitative estimate of drug-likeness (QED) is 0.630. The van der Waals surface area contributed by atoms with Crippen LogP contribution in [0, 0.1) is 11.8 Å². The van der Waals surface area contributed by atoms with Gasteiger partial charge in [0, 0.05) is 19.5 Å². The minimum Gasteiger partial charge on any atom is -0.340 e. The summed E-state index contributed by atoms with van der Waals surface area (Å²) in [4.78, 5) is 13.4. The molecular formula is C10H16N2O. The van der Waals surface area contributed by atoms with Gasteiger partial charge in [-0.15, -0.1) is 11.8 Å². The van der Waals surface area contributed by atoms with E-state index in [4.69, 9.17) is 0 Å². The molecule has 72 valence electrons. The molecule has 0 aromatic heterocycles. The van der Waals surface area contributed by atoms with E-state index < -0.39 is 0 Å². The molecule has 0 saturated carbocycles. The fourth-order valence-electron chi connectivity index (χ4n) is 1.54. The third-order valence-corrected chi connectivity index (χ3v) is 2.33. The Balaban J connectivity index is 2.35. The van der Waals surface area contributed by atoms with Crippen LogP contribution < -0.4 is 5.32 Å². The SMILES string of the molecule is CC#CCCN1CCC(NC)C1=O. The average Bonchev–Trinajstić information content (AvgIpc) is 2.48. The second kappa shape index (κ2) is 4.88. The van der Waals surface area contributed by atoms with Crippen molar-refractivity contribution in [1.82, 2.24) is 10.2 Å². The predicted octanol–water partition coefficient (Wildman–Crippen LogP) is 0.220. The van der Waals surface area contributed by atoms with E-state index in [1.165, 1.54) is 0 Å². The average molecular weight is 180 g/mol. The van der Waals surface area contributed by atoms with Crippen molar-refractivity contribution in [2.75, 3.05) is 20.1 Å². The summed E-state index contributed by atoms with van der Waals surface area (Å²) in [5.41, 5.74) is 0. The normalized spacial score (nSPS) is 21.5. The van der Waals surface area contributed by atoms with Gasteiger partial charge < -0.3 is 10.2 Å². The molecule has 1 heterocycles. The van der Waals surface area contributed by atoms with E-state index in [2.05, 4.69) is 17.2 Å². The van der Waals surface area contributed by atoms with Crippen LogP contribution in [0.3, 0.4) is 0 Å². The van der Waals surface area contributed by atoms with Crippen molar-refractivity contribution in [3.63, 3.8) is 0 Å². The molecule has 0 radical (unpaired) electrons. The molecule has 1 N–H and O–H groups in total. The fraction of sp³-hybridized carbons (Fsp3) is 0.700. The molecule has 1 fully saturated rings. The molecule has 1 unspecified atom stereocenters. The lowest BCUT2D eigenvalue weighted by Gasteiger charge is -2.14. The number of amides is 1. The van der Waals surface area contributed by atoms with Crippen LogP contribution in [0.15, 0.2) is 0 Å². The first-order valence-corrected chi connectivity index (χ1v) is 4.65. The van der Waals surface area contributed by atoms with E-state index >= 15 is 0 Å². The molecule has 3 heteroatoms. The van der Waals surface area contributed by atoms with Gasteiger partial charge in [0.2, 0.25) is 5.91 Å². The highest BCUT2D eigenvalue weighted by Crippen LogP contribution is 2.10. The van der Waals surface area contributed by atoms with Crippen LogP contribution in [0.1, 0.15) is 19.8 Å². The number of likely N-dealkylation sites (tertiary alicyclic amines) is 1. The van der Waals surface area contributed by atoms with Crippen LogP contribution in [-0.4, -0.2) is 37.0 Å². The van der Waals surface area contributed by atoms with Gasteiger partial charge >= 0.3 is 0 Å². The van der Waals surface area contributed by atoms with E-state index in [1.807, 2.05) is 18.9 Å². The van der Waals surface area contributed by atoms with Crippen molar-refractivity contribution in [3.8, 4) is 11.8 Å². The van der Waals surface area contributed by atoms with Gasteiger partial charge in [0.15, 0.2) is 0 Å². The summed E-state index contributed by atoms with van der Waals surface area (Å²) in [7, 11) is 1.83. The zero-order valence-corrected chi connectivity index (χ0v) is 8.26. The van der Waals surface area contributed by atoms with Crippen molar-refractivity contribution in [3.05, 3.63) is 0 Å². The number of carbonyl (C=O) groups is 1. The zero-order chi connectivity index (χ0) is 9.68. The molecule has 0 bridgehead atoms. The zero-order valence-electron chi connectivity index (χ0n) is 8.26. The van der Waals surface area contributed by atoms with E-state index in [0.717, 1.165) is 25.9 Å². The van der Waals surface area contributed by atoms with Gasteiger partial charge in [0.25, 0.3) is 0 Å². The summed E-state index contributed by atoms with van der Waals surface area (Å²) >= 11 is 0. The Morgan fingerprint density at radius 2 is 2.46 bits per heavy atom. The Morgan fingerprint density at radius 1 is 1.69 bits per heavy atom. The van der Waals surface area contributed by atoms with E-state index in [-0.39, 0.29) is 11.9 Å². The van der Waals surface area contributed by atoms with E-state index in [1.54, 1.807) is 0 Å². The maximum absolute atomic E-state index is 11.5. The van der Waals surface area contributed by atoms with Crippen LogP contribution in [0.4, 0.5) is 0 Å². The third-order valence-electron chi connectivity index (χ3n) is 2.33. The van der Waals surface area contributed by atoms with Crippen LogP contribution in [0.5, 0.6) is 0 Å². The summed E-state index contributed by atoms with van der Waals surface area (Å²) in [5, 5.41) is 3.01. The summed E-state index contributed by atoms with van der Waals surface area (Å²) in [6, 6.07) is 0.0367. The smallest absolute Gasteiger partial charge is 0.239 e. The van der Waals surface area contributed by atoms with Gasteiger partial charge in [-0.05, 0) is 20.4 Å². The maximum Gasteiger partial charge on any atom is 0.239 e. The van der Waals surface area contributed by atoms with Crippen molar-refractivity contribution < 1.29 is 4.79 Å². The number of likely N-dealkylation sites (N-methyl/N-ethyl adjacent to an activating group) is 1. The standard InChI is InChI=1S/C10H16N2O/c1-3-4-5-7-12-8-6-9(11-2)10(12)13/h9,11H,5-8H2,1-2H3. The summed E-state index contributed by atoms with van der Waals surface area (Å²) in [6.45, 7) is 3.47. The first-order chi connectivity index (χ1) is 6.29. The minimum absolute atomic E-state index is 0.0367. The van der Waals surface area contributed by atoms with Crippen molar-refractivity contribution in [2.24, 2.45) is 0 Å². The van der Waals surface area contributed by atoms with Gasteiger partial charge in [-0.3, -0.25) is 4.79 Å². The fourth-order valence-corrected chi connectivity index (χ4v) is 1.54. The summed E-state index contributed by atoms with van der Waals surface area (Å²) < 4.78 is 0. The lowest BCUT2D eigenvalue weighted by atomic mass is 10.3. The molecule has 1 amide bonds. The molecule has 3 nitrogen and oxygen atoms in total. The molecule has 0 aromatic carbocycles. The van der Waals surface area contributed by atoms with Crippen molar-refractivity contribution in [2.45, 2.75) is 25.8 Å². The molecule has 1 aliphatic rings. The Morgan fingerprint density at radius 3 is 3.00 bits per heavy atom. The summed E-state index contributed by atoms with van der Waals surface area (Å²) in [5.74, 6) is 6.01. The minimum atomic E-state index is 0.0367. The lowest BCUT2D eigenvalue weighted by molar-refractivity contribution is -0.129. The molecule has 0 aromatic rings. The van der Waals surface area contributed by atoms with Crippen LogP contribution >= 0.6 is 0 Å². The number of nitrogens with zero attached hydrogens (tertiary/aromatic N) is 1. The Hall–Kier alpha value is -1.01. The van der Waals surface area contributed by atoms with E-state index in [9.17, 15) is 4.79 Å².